The molecule has 3 N–H and O–H groups in total. The molecule has 4 rings (SSSR count). The van der Waals surface area contributed by atoms with Gasteiger partial charge in [0.1, 0.15) is 11.6 Å². The molecule has 2 aromatic rings. The molecule has 156 valence electrons. The van der Waals surface area contributed by atoms with Crippen LogP contribution in [0.3, 0.4) is 0 Å². The van der Waals surface area contributed by atoms with Gasteiger partial charge in [0, 0.05) is 31.6 Å². The Hall–Kier alpha value is -2.97. The molecule has 9 heteroatoms. The lowest BCUT2D eigenvalue weighted by Crippen LogP contribution is -2.26. The Morgan fingerprint density at radius 1 is 1.13 bits per heavy atom. The molecule has 0 aromatic heterocycles. The van der Waals surface area contributed by atoms with Gasteiger partial charge in [-0.3, -0.25) is 0 Å². The van der Waals surface area contributed by atoms with Crippen LogP contribution in [0.5, 0.6) is 0 Å². The topological polar surface area (TPSA) is 75.2 Å². The molecule has 0 spiro atoms. The minimum atomic E-state index is -0.769. The van der Waals surface area contributed by atoms with E-state index in [1.165, 1.54) is 6.07 Å². The fourth-order valence-corrected chi connectivity index (χ4v) is 3.43. The molecule has 0 atom stereocenters. The van der Waals surface area contributed by atoms with Gasteiger partial charge in [0.15, 0.2) is 11.7 Å². The summed E-state index contributed by atoms with van der Waals surface area (Å²) in [5, 5.41) is 3.19. The number of hydrogen-bond acceptors (Lipinski definition) is 6. The number of halogens is 3. The number of anilines is 2. The Bertz CT molecular complexity index is 1030. The summed E-state index contributed by atoms with van der Waals surface area (Å²) in [6.45, 7) is 3.00. The first-order chi connectivity index (χ1) is 14.6. The van der Waals surface area contributed by atoms with E-state index in [4.69, 9.17) is 22.1 Å². The van der Waals surface area contributed by atoms with Crippen LogP contribution in [-0.4, -0.2) is 38.0 Å². The summed E-state index contributed by atoms with van der Waals surface area (Å²) in [6.07, 6.45) is 2.08. The number of nitrogens with zero attached hydrogens (tertiary/aromatic N) is 3. The van der Waals surface area contributed by atoms with Crippen LogP contribution in [0.2, 0.25) is 0 Å². The summed E-state index contributed by atoms with van der Waals surface area (Å²) >= 11 is 6.20. The highest BCUT2D eigenvalue weighted by molar-refractivity contribution is 6.46. The fourth-order valence-electron chi connectivity index (χ4n) is 3.34. The van der Waals surface area contributed by atoms with E-state index in [9.17, 15) is 8.78 Å². The highest BCUT2D eigenvalue weighted by atomic mass is 35.5. The number of nitrogens with two attached hydrogens (primary N) is 1. The van der Waals surface area contributed by atoms with E-state index in [1.54, 1.807) is 6.07 Å². The molecule has 2 aliphatic rings. The van der Waals surface area contributed by atoms with Gasteiger partial charge in [0.05, 0.1) is 28.6 Å². The minimum absolute atomic E-state index is 0.0980. The number of rotatable bonds is 3. The van der Waals surface area contributed by atoms with Gasteiger partial charge in [-0.2, -0.15) is 0 Å². The maximum absolute atomic E-state index is 14.4. The van der Waals surface area contributed by atoms with Crippen molar-refractivity contribution in [1.82, 2.24) is 0 Å². The van der Waals surface area contributed by atoms with Gasteiger partial charge in [0.25, 0.3) is 0 Å². The Balaban J connectivity index is 1.81. The van der Waals surface area contributed by atoms with Gasteiger partial charge in [-0.25, -0.2) is 18.8 Å². The SMILES string of the molecule is N/C=C(/Cl)C1=NC(c2c(F)cccc2F)=Nc2ccc(N3CCCOCC3)cc2N1. The number of aliphatic imine (C=N–C) groups is 2. The Morgan fingerprint density at radius 3 is 2.70 bits per heavy atom. The molecular formula is C21H20ClF2N5O. The Kier molecular flexibility index (Phi) is 5.96. The monoisotopic (exact) mass is 431 g/mol. The van der Waals surface area contributed by atoms with Crippen molar-refractivity contribution in [3.8, 4) is 0 Å². The number of hydrogen-bond donors (Lipinski definition) is 2. The highest BCUT2D eigenvalue weighted by Crippen LogP contribution is 2.34. The first-order valence-corrected chi connectivity index (χ1v) is 9.88. The van der Waals surface area contributed by atoms with Crippen LogP contribution in [-0.2, 0) is 4.74 Å². The summed E-state index contributed by atoms with van der Waals surface area (Å²) in [7, 11) is 0. The predicted molar refractivity (Wildman–Crippen MR) is 116 cm³/mol. The average molecular weight is 432 g/mol. The third kappa shape index (κ3) is 4.15. The van der Waals surface area contributed by atoms with E-state index >= 15 is 0 Å². The van der Waals surface area contributed by atoms with Gasteiger partial charge >= 0.3 is 0 Å². The second kappa shape index (κ2) is 8.81. The summed E-state index contributed by atoms with van der Waals surface area (Å²) in [5.74, 6) is -1.53. The van der Waals surface area contributed by atoms with E-state index in [1.807, 2.05) is 12.1 Å². The third-order valence-electron chi connectivity index (χ3n) is 4.82. The van der Waals surface area contributed by atoms with Gasteiger partial charge in [0.2, 0.25) is 0 Å². The second-order valence-corrected chi connectivity index (χ2v) is 7.19. The van der Waals surface area contributed by atoms with Crippen molar-refractivity contribution in [3.63, 3.8) is 0 Å². The lowest BCUT2D eigenvalue weighted by atomic mass is 10.1. The highest BCUT2D eigenvalue weighted by Gasteiger charge is 2.22. The molecule has 2 aromatic carbocycles. The van der Waals surface area contributed by atoms with Crippen molar-refractivity contribution in [3.05, 3.63) is 64.8 Å². The van der Waals surface area contributed by atoms with E-state index in [0.29, 0.717) is 18.0 Å². The molecule has 0 aliphatic carbocycles. The van der Waals surface area contributed by atoms with E-state index in [2.05, 4.69) is 20.2 Å². The van der Waals surface area contributed by atoms with E-state index < -0.39 is 11.6 Å². The second-order valence-electron chi connectivity index (χ2n) is 6.79. The number of fused-ring (bicyclic) bond motifs is 1. The standard InChI is InChI=1S/C21H20ClF2N5O/c22-14(12-25)20-27-18-11-13(29-7-2-9-30-10-8-29)5-6-17(18)26-21(28-20)19-15(23)3-1-4-16(19)24/h1,3-6,11-12H,2,7-10,25H2,(H,26,27,28)/b14-12+. The molecule has 1 fully saturated rings. The molecule has 6 nitrogen and oxygen atoms in total. The summed E-state index contributed by atoms with van der Waals surface area (Å²) in [4.78, 5) is 10.9. The molecule has 0 radical (unpaired) electrons. The van der Waals surface area contributed by atoms with E-state index in [-0.39, 0.29) is 22.3 Å². The molecular weight excluding hydrogens is 412 g/mol. The lowest BCUT2D eigenvalue weighted by Gasteiger charge is -2.23. The molecule has 2 aliphatic heterocycles. The first kappa shape index (κ1) is 20.3. The Labute approximate surface area is 177 Å². The van der Waals surface area contributed by atoms with Gasteiger partial charge < -0.3 is 20.7 Å². The number of benzene rings is 2. The maximum Gasteiger partial charge on any atom is 0.168 e. The largest absolute Gasteiger partial charge is 0.403 e. The zero-order chi connectivity index (χ0) is 21.1. The molecule has 0 unspecified atom stereocenters. The molecule has 0 amide bonds. The number of nitrogens with one attached hydrogen (secondary N) is 1. The molecule has 0 bridgehead atoms. The van der Waals surface area contributed by atoms with Crippen LogP contribution in [0.15, 0.2) is 57.6 Å². The van der Waals surface area contributed by atoms with Crippen molar-refractivity contribution < 1.29 is 13.5 Å². The average Bonchev–Trinajstić information content (AvgIpc) is 3.12. The number of amidine groups is 2. The summed E-state index contributed by atoms with van der Waals surface area (Å²) in [5.41, 5.74) is 7.27. The van der Waals surface area contributed by atoms with Crippen molar-refractivity contribution >= 4 is 40.3 Å². The minimum Gasteiger partial charge on any atom is -0.403 e. The van der Waals surface area contributed by atoms with Gasteiger partial charge in [-0.1, -0.05) is 17.7 Å². The van der Waals surface area contributed by atoms with Gasteiger partial charge in [-0.15, -0.1) is 0 Å². The smallest absolute Gasteiger partial charge is 0.168 e. The predicted octanol–water partition coefficient (Wildman–Crippen LogP) is 4.13. The first-order valence-electron chi connectivity index (χ1n) is 9.50. The zero-order valence-corrected chi connectivity index (χ0v) is 16.8. The van der Waals surface area contributed by atoms with Crippen LogP contribution in [0.25, 0.3) is 0 Å². The van der Waals surface area contributed by atoms with Crippen molar-refractivity contribution in [2.45, 2.75) is 6.42 Å². The van der Waals surface area contributed by atoms with Gasteiger partial charge in [-0.05, 0) is 36.8 Å². The summed E-state index contributed by atoms with van der Waals surface area (Å²) in [6, 6.07) is 9.18. The van der Waals surface area contributed by atoms with E-state index in [0.717, 1.165) is 50.1 Å². The van der Waals surface area contributed by atoms with Crippen molar-refractivity contribution in [1.29, 1.82) is 0 Å². The third-order valence-corrected chi connectivity index (χ3v) is 5.13. The molecule has 1 saturated heterocycles. The van der Waals surface area contributed by atoms with Crippen LogP contribution in [0.1, 0.15) is 12.0 Å². The quantitative estimate of drug-likeness (QED) is 0.766. The lowest BCUT2D eigenvalue weighted by molar-refractivity contribution is 0.152. The summed E-state index contributed by atoms with van der Waals surface area (Å²) < 4.78 is 34.3. The number of ether oxygens (including phenoxy) is 1. The van der Waals surface area contributed by atoms with Crippen LogP contribution in [0.4, 0.5) is 25.8 Å². The van der Waals surface area contributed by atoms with Crippen LogP contribution < -0.4 is 16.0 Å². The van der Waals surface area contributed by atoms with Crippen molar-refractivity contribution in [2.75, 3.05) is 36.5 Å². The van der Waals surface area contributed by atoms with Crippen LogP contribution in [0, 0.1) is 11.6 Å². The van der Waals surface area contributed by atoms with Crippen LogP contribution >= 0.6 is 11.6 Å². The normalized spacial score (nSPS) is 17.3. The molecule has 0 saturated carbocycles. The van der Waals surface area contributed by atoms with Crippen molar-refractivity contribution in [2.24, 2.45) is 15.7 Å². The molecule has 2 heterocycles. The maximum atomic E-state index is 14.4. The fraction of sp³-hybridized carbons (Fsp3) is 0.238. The zero-order valence-electron chi connectivity index (χ0n) is 16.0. The molecule has 30 heavy (non-hydrogen) atoms. The Morgan fingerprint density at radius 2 is 1.93 bits per heavy atom.